The van der Waals surface area contributed by atoms with Gasteiger partial charge < -0.3 is 15.8 Å². The highest BCUT2D eigenvalue weighted by molar-refractivity contribution is 5.81. The van der Waals surface area contributed by atoms with Gasteiger partial charge in [-0.15, -0.1) is 0 Å². The second-order valence-electron chi connectivity index (χ2n) is 4.76. The molecule has 2 amide bonds. The molecule has 0 atom stereocenters. The zero-order chi connectivity index (χ0) is 14.4. The minimum Gasteiger partial charge on any atom is -0.410 e. The molecule has 1 fully saturated rings. The van der Waals surface area contributed by atoms with Crippen LogP contribution in [0.1, 0.15) is 12.8 Å². The molecule has 1 saturated heterocycles. The van der Waals surface area contributed by atoms with E-state index >= 15 is 0 Å². The van der Waals surface area contributed by atoms with Crippen molar-refractivity contribution in [3.05, 3.63) is 30.3 Å². The van der Waals surface area contributed by atoms with Crippen molar-refractivity contribution >= 4 is 12.0 Å². The van der Waals surface area contributed by atoms with Crippen molar-refractivity contribution in [3.8, 4) is 5.75 Å². The van der Waals surface area contributed by atoms with Gasteiger partial charge in [-0.1, -0.05) is 18.2 Å². The lowest BCUT2D eigenvalue weighted by Crippen LogP contribution is -2.50. The SMILES string of the molecule is NC(=O)CN(C(=O)Oc1ccccc1)C1CCNCC1. The van der Waals surface area contributed by atoms with Crippen LogP contribution in [0.4, 0.5) is 4.79 Å². The highest BCUT2D eigenvalue weighted by Crippen LogP contribution is 2.16. The first-order chi connectivity index (χ1) is 9.66. The predicted molar refractivity (Wildman–Crippen MR) is 74.3 cm³/mol. The van der Waals surface area contributed by atoms with E-state index < -0.39 is 12.0 Å². The molecule has 108 valence electrons. The normalized spacial score (nSPS) is 15.6. The lowest BCUT2D eigenvalue weighted by atomic mass is 10.1. The molecule has 0 aliphatic carbocycles. The van der Waals surface area contributed by atoms with Crippen molar-refractivity contribution in [2.45, 2.75) is 18.9 Å². The summed E-state index contributed by atoms with van der Waals surface area (Å²) >= 11 is 0. The number of rotatable bonds is 4. The summed E-state index contributed by atoms with van der Waals surface area (Å²) in [6.07, 6.45) is 1.05. The van der Waals surface area contributed by atoms with Crippen LogP contribution >= 0.6 is 0 Å². The highest BCUT2D eigenvalue weighted by Gasteiger charge is 2.28. The van der Waals surface area contributed by atoms with Crippen LogP contribution in [0, 0.1) is 0 Å². The number of nitrogens with one attached hydrogen (secondary N) is 1. The van der Waals surface area contributed by atoms with Crippen LogP contribution in [-0.2, 0) is 4.79 Å². The zero-order valence-electron chi connectivity index (χ0n) is 11.2. The van der Waals surface area contributed by atoms with E-state index in [2.05, 4.69) is 5.32 Å². The minimum atomic E-state index is -0.534. The Hall–Kier alpha value is -2.08. The monoisotopic (exact) mass is 277 g/mol. The third-order valence-corrected chi connectivity index (χ3v) is 3.26. The van der Waals surface area contributed by atoms with E-state index in [0.717, 1.165) is 25.9 Å². The molecule has 0 aromatic heterocycles. The molecule has 1 heterocycles. The van der Waals surface area contributed by atoms with Crippen molar-refractivity contribution in [1.82, 2.24) is 10.2 Å². The first-order valence-corrected chi connectivity index (χ1v) is 6.69. The average molecular weight is 277 g/mol. The number of amides is 2. The lowest BCUT2D eigenvalue weighted by Gasteiger charge is -2.32. The number of primary amides is 1. The molecule has 1 aromatic rings. The average Bonchev–Trinajstić information content (AvgIpc) is 2.46. The van der Waals surface area contributed by atoms with E-state index in [9.17, 15) is 9.59 Å². The summed E-state index contributed by atoms with van der Waals surface area (Å²) in [6, 6.07) is 8.79. The summed E-state index contributed by atoms with van der Waals surface area (Å²) < 4.78 is 5.29. The Morgan fingerprint density at radius 2 is 1.90 bits per heavy atom. The van der Waals surface area contributed by atoms with E-state index in [0.29, 0.717) is 5.75 Å². The molecule has 0 bridgehead atoms. The second-order valence-corrected chi connectivity index (χ2v) is 4.76. The topological polar surface area (TPSA) is 84.7 Å². The molecular weight excluding hydrogens is 258 g/mol. The molecular formula is C14H19N3O3. The van der Waals surface area contributed by atoms with Gasteiger partial charge in [0.1, 0.15) is 12.3 Å². The van der Waals surface area contributed by atoms with Crippen molar-refractivity contribution < 1.29 is 14.3 Å². The number of ether oxygens (including phenoxy) is 1. The van der Waals surface area contributed by atoms with Crippen molar-refractivity contribution in [1.29, 1.82) is 0 Å². The maximum Gasteiger partial charge on any atom is 0.415 e. The number of para-hydroxylation sites is 1. The number of benzene rings is 1. The molecule has 6 nitrogen and oxygen atoms in total. The van der Waals surface area contributed by atoms with Crippen LogP contribution in [0.5, 0.6) is 5.75 Å². The van der Waals surface area contributed by atoms with Crippen LogP contribution in [0.3, 0.4) is 0 Å². The van der Waals surface area contributed by atoms with Crippen LogP contribution in [0.25, 0.3) is 0 Å². The maximum absolute atomic E-state index is 12.2. The highest BCUT2D eigenvalue weighted by atomic mass is 16.6. The van der Waals surface area contributed by atoms with Gasteiger partial charge in [0.2, 0.25) is 5.91 Å². The molecule has 1 aliphatic rings. The third kappa shape index (κ3) is 3.96. The van der Waals surface area contributed by atoms with E-state index in [1.54, 1.807) is 24.3 Å². The molecule has 0 spiro atoms. The number of nitrogens with two attached hydrogens (primary N) is 1. The molecule has 3 N–H and O–H groups in total. The number of hydrogen-bond acceptors (Lipinski definition) is 4. The molecule has 6 heteroatoms. The second kappa shape index (κ2) is 6.91. The third-order valence-electron chi connectivity index (χ3n) is 3.26. The van der Waals surface area contributed by atoms with Crippen molar-refractivity contribution in [2.75, 3.05) is 19.6 Å². The van der Waals surface area contributed by atoms with E-state index in [4.69, 9.17) is 10.5 Å². The Bertz CT molecular complexity index is 458. The summed E-state index contributed by atoms with van der Waals surface area (Å²) in [7, 11) is 0. The molecule has 2 rings (SSSR count). The van der Waals surface area contributed by atoms with Gasteiger partial charge in [0.05, 0.1) is 0 Å². The summed E-state index contributed by atoms with van der Waals surface area (Å²) in [5, 5.41) is 3.22. The van der Waals surface area contributed by atoms with Crippen LogP contribution < -0.4 is 15.8 Å². The van der Waals surface area contributed by atoms with E-state index in [1.807, 2.05) is 6.07 Å². The Kier molecular flexibility index (Phi) is 4.95. The smallest absolute Gasteiger partial charge is 0.410 e. The van der Waals surface area contributed by atoms with Gasteiger partial charge in [-0.3, -0.25) is 9.69 Å². The number of carbonyl (C=O) groups is 2. The van der Waals surface area contributed by atoms with Crippen molar-refractivity contribution in [3.63, 3.8) is 0 Å². The van der Waals surface area contributed by atoms with Gasteiger partial charge in [0, 0.05) is 6.04 Å². The minimum absolute atomic E-state index is 0.0139. The summed E-state index contributed by atoms with van der Waals surface area (Å²) in [6.45, 7) is 1.52. The summed E-state index contributed by atoms with van der Waals surface area (Å²) in [4.78, 5) is 24.8. The molecule has 0 radical (unpaired) electrons. The Morgan fingerprint density at radius 1 is 1.25 bits per heavy atom. The van der Waals surface area contributed by atoms with Gasteiger partial charge in [0.15, 0.2) is 0 Å². The predicted octanol–water partition coefficient (Wildman–Crippen LogP) is 0.725. The summed E-state index contributed by atoms with van der Waals surface area (Å²) in [5.74, 6) is -0.0746. The molecule has 1 aliphatic heterocycles. The number of piperidine rings is 1. The standard InChI is InChI=1S/C14H19N3O3/c15-13(18)10-17(11-6-8-16-9-7-11)14(19)20-12-4-2-1-3-5-12/h1-5,11,16H,6-10H2,(H2,15,18). The fourth-order valence-corrected chi connectivity index (χ4v) is 2.28. The number of nitrogens with zero attached hydrogens (tertiary/aromatic N) is 1. The fourth-order valence-electron chi connectivity index (χ4n) is 2.28. The molecule has 20 heavy (non-hydrogen) atoms. The Balaban J connectivity index is 2.05. The van der Waals surface area contributed by atoms with Gasteiger partial charge in [-0.05, 0) is 38.1 Å². The summed E-state index contributed by atoms with van der Waals surface area (Å²) in [5.41, 5.74) is 5.23. The van der Waals surface area contributed by atoms with E-state index in [1.165, 1.54) is 4.90 Å². The largest absolute Gasteiger partial charge is 0.415 e. The quantitative estimate of drug-likeness (QED) is 0.849. The fraction of sp³-hybridized carbons (Fsp3) is 0.429. The first kappa shape index (κ1) is 14.3. The van der Waals surface area contributed by atoms with Gasteiger partial charge in [0.25, 0.3) is 0 Å². The maximum atomic E-state index is 12.2. The van der Waals surface area contributed by atoms with Gasteiger partial charge in [-0.25, -0.2) is 4.79 Å². The zero-order valence-corrected chi connectivity index (χ0v) is 11.2. The number of hydrogen-bond donors (Lipinski definition) is 2. The lowest BCUT2D eigenvalue weighted by molar-refractivity contribution is -0.119. The number of carbonyl (C=O) groups excluding carboxylic acids is 2. The molecule has 1 aromatic carbocycles. The van der Waals surface area contributed by atoms with Gasteiger partial charge >= 0.3 is 6.09 Å². The van der Waals surface area contributed by atoms with Crippen molar-refractivity contribution in [2.24, 2.45) is 5.73 Å². The Labute approximate surface area is 117 Å². The van der Waals surface area contributed by atoms with Crippen LogP contribution in [-0.4, -0.2) is 42.6 Å². The van der Waals surface area contributed by atoms with E-state index in [-0.39, 0.29) is 12.6 Å². The first-order valence-electron chi connectivity index (χ1n) is 6.69. The molecule has 0 saturated carbocycles. The Morgan fingerprint density at radius 3 is 2.50 bits per heavy atom. The molecule has 0 unspecified atom stereocenters. The van der Waals surface area contributed by atoms with Gasteiger partial charge in [-0.2, -0.15) is 0 Å². The van der Waals surface area contributed by atoms with Crippen LogP contribution in [0.2, 0.25) is 0 Å². The van der Waals surface area contributed by atoms with Crippen LogP contribution in [0.15, 0.2) is 30.3 Å².